The minimum Gasteiger partial charge on any atom is -0.449 e. The van der Waals surface area contributed by atoms with Gasteiger partial charge in [-0.3, -0.25) is 0 Å². The molecule has 112 valence electrons. The molecule has 1 aromatic carbocycles. The number of benzene rings is 1. The number of aromatic nitrogens is 2. The van der Waals surface area contributed by atoms with Gasteiger partial charge in [-0.05, 0) is 11.5 Å². The van der Waals surface area contributed by atoms with Crippen molar-refractivity contribution in [1.82, 2.24) is 14.9 Å². The van der Waals surface area contributed by atoms with E-state index in [1.807, 2.05) is 62.0 Å². The van der Waals surface area contributed by atoms with E-state index >= 15 is 0 Å². The van der Waals surface area contributed by atoms with Crippen LogP contribution in [0.1, 0.15) is 31.3 Å². The van der Waals surface area contributed by atoms with Crippen molar-refractivity contribution in [3.05, 3.63) is 54.1 Å². The smallest absolute Gasteiger partial charge is 0.408 e. The first kappa shape index (κ1) is 15.1. The van der Waals surface area contributed by atoms with E-state index in [0.717, 1.165) is 11.4 Å². The number of carbonyl (C=O) groups excluding carboxylic acids is 1. The Hall–Kier alpha value is -2.30. The Morgan fingerprint density at radius 2 is 2.05 bits per heavy atom. The monoisotopic (exact) mass is 287 g/mol. The summed E-state index contributed by atoms with van der Waals surface area (Å²) < 4.78 is 7.10. The van der Waals surface area contributed by atoms with E-state index in [1.54, 1.807) is 6.20 Å². The van der Waals surface area contributed by atoms with Crippen molar-refractivity contribution >= 4 is 6.09 Å². The van der Waals surface area contributed by atoms with Crippen molar-refractivity contribution in [1.29, 1.82) is 0 Å². The number of amides is 1. The van der Waals surface area contributed by atoms with Gasteiger partial charge >= 0.3 is 6.09 Å². The van der Waals surface area contributed by atoms with Crippen molar-refractivity contribution in [2.45, 2.75) is 19.9 Å². The minimum atomic E-state index is -0.430. The van der Waals surface area contributed by atoms with Crippen LogP contribution in [0.3, 0.4) is 0 Å². The number of hydrogen-bond donors (Lipinski definition) is 1. The van der Waals surface area contributed by atoms with Gasteiger partial charge in [0, 0.05) is 19.4 Å². The zero-order chi connectivity index (χ0) is 15.2. The predicted octanol–water partition coefficient (Wildman–Crippen LogP) is 2.89. The average Bonchev–Trinajstić information content (AvgIpc) is 2.89. The number of nitrogens with zero attached hydrogens (tertiary/aromatic N) is 2. The average molecular weight is 287 g/mol. The van der Waals surface area contributed by atoms with E-state index in [-0.39, 0.29) is 6.04 Å². The first-order valence-electron chi connectivity index (χ1n) is 7.03. The molecule has 21 heavy (non-hydrogen) atoms. The molecule has 1 atom stereocenters. The number of rotatable bonds is 5. The van der Waals surface area contributed by atoms with Crippen molar-refractivity contribution < 1.29 is 9.53 Å². The first-order valence-corrected chi connectivity index (χ1v) is 7.03. The third-order valence-corrected chi connectivity index (χ3v) is 3.06. The Bertz CT molecular complexity index is 578. The molecular formula is C16H21N3O2. The Labute approximate surface area is 125 Å². The van der Waals surface area contributed by atoms with Crippen molar-refractivity contribution in [2.75, 3.05) is 6.61 Å². The number of nitrogens with one attached hydrogen (secondary N) is 1. The molecule has 1 unspecified atom stereocenters. The molecule has 0 bridgehead atoms. The van der Waals surface area contributed by atoms with Crippen LogP contribution >= 0.6 is 0 Å². The number of hydrogen-bond acceptors (Lipinski definition) is 3. The molecule has 1 heterocycles. The summed E-state index contributed by atoms with van der Waals surface area (Å²) in [7, 11) is 1.90. The van der Waals surface area contributed by atoms with Crippen molar-refractivity contribution in [3.63, 3.8) is 0 Å². The summed E-state index contributed by atoms with van der Waals surface area (Å²) in [4.78, 5) is 16.3. The zero-order valence-corrected chi connectivity index (χ0v) is 12.6. The Balaban J connectivity index is 2.18. The molecule has 0 aliphatic heterocycles. The summed E-state index contributed by atoms with van der Waals surface area (Å²) >= 11 is 0. The topological polar surface area (TPSA) is 56.1 Å². The lowest BCUT2D eigenvalue weighted by Crippen LogP contribution is -2.32. The van der Waals surface area contributed by atoms with Gasteiger partial charge in [-0.25, -0.2) is 9.78 Å². The third-order valence-electron chi connectivity index (χ3n) is 3.06. The second-order valence-corrected chi connectivity index (χ2v) is 5.38. The molecule has 0 fully saturated rings. The van der Waals surface area contributed by atoms with Crippen LogP contribution in [-0.2, 0) is 11.8 Å². The van der Waals surface area contributed by atoms with Gasteiger partial charge in [0.15, 0.2) is 0 Å². The van der Waals surface area contributed by atoms with Crippen LogP contribution in [0.5, 0.6) is 0 Å². The summed E-state index contributed by atoms with van der Waals surface area (Å²) in [5, 5.41) is 2.89. The van der Waals surface area contributed by atoms with Gasteiger partial charge < -0.3 is 14.6 Å². The van der Waals surface area contributed by atoms with Crippen LogP contribution in [-0.4, -0.2) is 22.3 Å². The molecule has 0 saturated carbocycles. The molecule has 2 aromatic rings. The molecular weight excluding hydrogens is 266 g/mol. The number of alkyl carbamates (subject to hydrolysis) is 1. The van der Waals surface area contributed by atoms with Gasteiger partial charge in [0.2, 0.25) is 0 Å². The number of ether oxygens (including phenoxy) is 1. The fraction of sp³-hybridized carbons (Fsp3) is 0.375. The predicted molar refractivity (Wildman–Crippen MR) is 80.8 cm³/mol. The van der Waals surface area contributed by atoms with Gasteiger partial charge in [-0.15, -0.1) is 0 Å². The lowest BCUT2D eigenvalue weighted by molar-refractivity contribution is 0.130. The summed E-state index contributed by atoms with van der Waals surface area (Å²) in [5.41, 5.74) is 0.966. The van der Waals surface area contributed by atoms with Crippen LogP contribution in [0.15, 0.2) is 42.7 Å². The molecule has 0 spiro atoms. The number of imidazole rings is 1. The molecule has 0 aliphatic rings. The highest BCUT2D eigenvalue weighted by Gasteiger charge is 2.21. The zero-order valence-electron chi connectivity index (χ0n) is 12.6. The number of aryl methyl sites for hydroxylation is 1. The number of carbonyl (C=O) groups is 1. The van der Waals surface area contributed by atoms with E-state index in [1.165, 1.54) is 0 Å². The summed E-state index contributed by atoms with van der Waals surface area (Å²) in [6.07, 6.45) is 3.14. The standard InChI is InChI=1S/C16H21N3O2/c1-12(2)11-21-16(20)18-14(13-7-5-4-6-8-13)15-17-9-10-19(15)3/h4-10,12,14H,11H2,1-3H3,(H,18,20). The third kappa shape index (κ3) is 4.08. The largest absolute Gasteiger partial charge is 0.449 e. The lowest BCUT2D eigenvalue weighted by Gasteiger charge is -2.19. The fourth-order valence-electron chi connectivity index (χ4n) is 2.00. The summed E-state index contributed by atoms with van der Waals surface area (Å²) in [6.45, 7) is 4.40. The molecule has 1 N–H and O–H groups in total. The minimum absolute atomic E-state index is 0.305. The van der Waals surface area contributed by atoms with Crippen LogP contribution < -0.4 is 5.32 Å². The molecule has 0 aliphatic carbocycles. The normalized spacial score (nSPS) is 12.2. The van der Waals surface area contributed by atoms with E-state index in [2.05, 4.69) is 10.3 Å². The molecule has 0 radical (unpaired) electrons. The van der Waals surface area contributed by atoms with E-state index in [9.17, 15) is 4.79 Å². The van der Waals surface area contributed by atoms with Gasteiger partial charge in [-0.2, -0.15) is 0 Å². The van der Waals surface area contributed by atoms with Crippen LogP contribution in [0.2, 0.25) is 0 Å². The highest BCUT2D eigenvalue weighted by Crippen LogP contribution is 2.20. The second-order valence-electron chi connectivity index (χ2n) is 5.38. The van der Waals surface area contributed by atoms with Crippen molar-refractivity contribution in [3.8, 4) is 0 Å². The van der Waals surface area contributed by atoms with Gasteiger partial charge in [0.05, 0.1) is 6.61 Å². The Morgan fingerprint density at radius 1 is 1.33 bits per heavy atom. The summed E-state index contributed by atoms with van der Waals surface area (Å²) in [6, 6.07) is 9.41. The highest BCUT2D eigenvalue weighted by molar-refractivity contribution is 5.68. The Morgan fingerprint density at radius 3 is 2.62 bits per heavy atom. The molecule has 1 amide bonds. The quantitative estimate of drug-likeness (QED) is 0.920. The van der Waals surface area contributed by atoms with Crippen LogP contribution in [0.4, 0.5) is 4.79 Å². The highest BCUT2D eigenvalue weighted by atomic mass is 16.5. The van der Waals surface area contributed by atoms with E-state index < -0.39 is 6.09 Å². The molecule has 2 rings (SSSR count). The maximum atomic E-state index is 12.0. The fourth-order valence-corrected chi connectivity index (χ4v) is 2.00. The molecule has 1 aromatic heterocycles. The van der Waals surface area contributed by atoms with Gasteiger partial charge in [-0.1, -0.05) is 44.2 Å². The summed E-state index contributed by atoms with van der Waals surface area (Å²) in [5.74, 6) is 1.07. The van der Waals surface area contributed by atoms with E-state index in [0.29, 0.717) is 12.5 Å². The first-order chi connectivity index (χ1) is 10.1. The van der Waals surface area contributed by atoms with Crippen molar-refractivity contribution in [2.24, 2.45) is 13.0 Å². The van der Waals surface area contributed by atoms with Gasteiger partial charge in [0.1, 0.15) is 11.9 Å². The molecule has 0 saturated heterocycles. The molecule has 5 heteroatoms. The van der Waals surface area contributed by atoms with Gasteiger partial charge in [0.25, 0.3) is 0 Å². The maximum absolute atomic E-state index is 12.0. The molecule has 5 nitrogen and oxygen atoms in total. The second kappa shape index (κ2) is 6.92. The van der Waals surface area contributed by atoms with E-state index in [4.69, 9.17) is 4.74 Å². The van der Waals surface area contributed by atoms with Crippen LogP contribution in [0.25, 0.3) is 0 Å². The van der Waals surface area contributed by atoms with Crippen LogP contribution in [0, 0.1) is 5.92 Å². The lowest BCUT2D eigenvalue weighted by atomic mass is 10.1. The SMILES string of the molecule is CC(C)COC(=O)NC(c1ccccc1)c1nccn1C. The maximum Gasteiger partial charge on any atom is 0.408 e. The Kier molecular flexibility index (Phi) is 4.98.